The third-order valence-corrected chi connectivity index (χ3v) is 6.27. The molecule has 0 saturated heterocycles. The summed E-state index contributed by atoms with van der Waals surface area (Å²) in [5.74, 6) is -0.432. The fourth-order valence-electron chi connectivity index (χ4n) is 3.40. The van der Waals surface area contributed by atoms with Crippen LogP contribution in [-0.4, -0.2) is 20.4 Å². The summed E-state index contributed by atoms with van der Waals surface area (Å²) in [6, 6.07) is 14.1. The zero-order chi connectivity index (χ0) is 22.1. The van der Waals surface area contributed by atoms with Crippen LogP contribution in [0.25, 0.3) is 10.2 Å². The normalized spacial score (nSPS) is 10.9. The Hall–Kier alpha value is -3.85. The molecular weight excluding hydrogens is 416 g/mol. The van der Waals surface area contributed by atoms with Crippen LogP contribution in [0.4, 0.5) is 11.4 Å². The number of nitrogens with one attached hydrogen (secondary N) is 1. The van der Waals surface area contributed by atoms with Crippen LogP contribution in [0.1, 0.15) is 26.4 Å². The predicted molar refractivity (Wildman–Crippen MR) is 120 cm³/mol. The molecule has 0 aliphatic carbocycles. The van der Waals surface area contributed by atoms with E-state index in [1.807, 2.05) is 30.3 Å². The van der Waals surface area contributed by atoms with Gasteiger partial charge in [-0.1, -0.05) is 36.4 Å². The van der Waals surface area contributed by atoms with Gasteiger partial charge in [0.1, 0.15) is 4.83 Å². The van der Waals surface area contributed by atoms with Crippen LogP contribution in [0, 0.1) is 24.0 Å². The highest BCUT2D eigenvalue weighted by Crippen LogP contribution is 2.30. The molecule has 9 heteroatoms. The van der Waals surface area contributed by atoms with E-state index in [-0.39, 0.29) is 11.2 Å². The van der Waals surface area contributed by atoms with Crippen molar-refractivity contribution >= 4 is 38.8 Å². The van der Waals surface area contributed by atoms with E-state index < -0.39 is 10.8 Å². The highest BCUT2D eigenvalue weighted by Gasteiger charge is 2.21. The Labute approximate surface area is 181 Å². The second kappa shape index (κ2) is 8.11. The van der Waals surface area contributed by atoms with Crippen molar-refractivity contribution in [3.63, 3.8) is 0 Å². The minimum atomic E-state index is -0.491. The Balaban J connectivity index is 1.69. The molecule has 156 valence electrons. The lowest BCUT2D eigenvalue weighted by atomic mass is 10.1. The number of thiophene rings is 1. The number of nitro benzene ring substituents is 1. The molecule has 0 fully saturated rings. The Morgan fingerprint density at radius 2 is 1.87 bits per heavy atom. The molecule has 0 spiro atoms. The molecule has 4 rings (SSSR count). The first-order chi connectivity index (χ1) is 14.9. The van der Waals surface area contributed by atoms with Gasteiger partial charge in [0, 0.05) is 6.07 Å². The van der Waals surface area contributed by atoms with Gasteiger partial charge in [0.2, 0.25) is 0 Å². The van der Waals surface area contributed by atoms with E-state index in [4.69, 9.17) is 0 Å². The maximum atomic E-state index is 13.0. The fraction of sp³-hybridized carbons (Fsp3) is 0.136. The molecule has 8 nitrogen and oxygen atoms in total. The van der Waals surface area contributed by atoms with E-state index in [1.54, 1.807) is 19.9 Å². The van der Waals surface area contributed by atoms with Crippen LogP contribution < -0.4 is 10.9 Å². The first-order valence-electron chi connectivity index (χ1n) is 9.44. The van der Waals surface area contributed by atoms with Gasteiger partial charge >= 0.3 is 0 Å². The number of aromatic nitrogens is 2. The molecule has 0 aliphatic heterocycles. The summed E-state index contributed by atoms with van der Waals surface area (Å²) in [5.41, 5.74) is 1.94. The molecule has 2 aromatic heterocycles. The number of nitro groups is 1. The van der Waals surface area contributed by atoms with Crippen LogP contribution in [0.5, 0.6) is 0 Å². The van der Waals surface area contributed by atoms with Crippen LogP contribution in [0.15, 0.2) is 59.7 Å². The fourth-order valence-corrected chi connectivity index (χ4v) is 4.44. The summed E-state index contributed by atoms with van der Waals surface area (Å²) in [5, 5.41) is 14.3. The summed E-state index contributed by atoms with van der Waals surface area (Å²) < 4.78 is 1.52. The van der Waals surface area contributed by atoms with Gasteiger partial charge in [0.05, 0.1) is 39.3 Å². The number of nitrogens with zero attached hydrogens (tertiary/aromatic N) is 3. The lowest BCUT2D eigenvalue weighted by molar-refractivity contribution is -0.385. The van der Waals surface area contributed by atoms with Crippen molar-refractivity contribution < 1.29 is 9.72 Å². The van der Waals surface area contributed by atoms with Crippen LogP contribution >= 0.6 is 11.3 Å². The number of benzene rings is 2. The number of aryl methyl sites for hydroxylation is 1. The zero-order valence-electron chi connectivity index (χ0n) is 16.8. The van der Waals surface area contributed by atoms with E-state index in [1.165, 1.54) is 23.0 Å². The highest BCUT2D eigenvalue weighted by molar-refractivity contribution is 7.20. The van der Waals surface area contributed by atoms with Crippen LogP contribution in [0.3, 0.4) is 0 Å². The second-order valence-electron chi connectivity index (χ2n) is 7.06. The third kappa shape index (κ3) is 3.82. The minimum Gasteiger partial charge on any atom is -0.321 e. The van der Waals surface area contributed by atoms with Gasteiger partial charge in [-0.3, -0.25) is 24.3 Å². The lowest BCUT2D eigenvalue weighted by Crippen LogP contribution is -2.21. The van der Waals surface area contributed by atoms with Crippen LogP contribution in [0.2, 0.25) is 0 Å². The van der Waals surface area contributed by atoms with Crippen molar-refractivity contribution in [3.05, 3.63) is 96.9 Å². The molecule has 0 aliphatic rings. The van der Waals surface area contributed by atoms with E-state index in [2.05, 4.69) is 10.3 Å². The molecule has 31 heavy (non-hydrogen) atoms. The maximum Gasteiger partial charge on any atom is 0.274 e. The Morgan fingerprint density at radius 3 is 2.58 bits per heavy atom. The van der Waals surface area contributed by atoms with Crippen molar-refractivity contribution in [2.45, 2.75) is 20.4 Å². The number of hydrogen-bond donors (Lipinski definition) is 1. The van der Waals surface area contributed by atoms with Crippen LogP contribution in [-0.2, 0) is 6.54 Å². The first kappa shape index (κ1) is 20.4. The molecule has 4 aromatic rings. The largest absolute Gasteiger partial charge is 0.321 e. The van der Waals surface area contributed by atoms with E-state index in [9.17, 15) is 19.7 Å². The summed E-state index contributed by atoms with van der Waals surface area (Å²) >= 11 is 1.13. The van der Waals surface area contributed by atoms with Gasteiger partial charge in [-0.05, 0) is 31.0 Å². The SMILES string of the molecule is Cc1c(NC(=O)c2sc3ncn(Cc4ccccc4)c(=O)c3c2C)cccc1[N+](=O)[O-]. The molecule has 1 amide bonds. The summed E-state index contributed by atoms with van der Waals surface area (Å²) in [6.07, 6.45) is 1.49. The predicted octanol–water partition coefficient (Wildman–Crippen LogP) is 4.28. The van der Waals surface area contributed by atoms with Crippen molar-refractivity contribution in [2.75, 3.05) is 5.32 Å². The minimum absolute atomic E-state index is 0.0728. The Morgan fingerprint density at radius 1 is 1.13 bits per heavy atom. The van der Waals surface area contributed by atoms with Gasteiger partial charge < -0.3 is 5.32 Å². The van der Waals surface area contributed by atoms with E-state index >= 15 is 0 Å². The molecule has 2 heterocycles. The Kier molecular flexibility index (Phi) is 5.35. The molecule has 0 atom stereocenters. The summed E-state index contributed by atoms with van der Waals surface area (Å²) in [7, 11) is 0. The monoisotopic (exact) mass is 434 g/mol. The van der Waals surface area contributed by atoms with Gasteiger partial charge in [-0.2, -0.15) is 0 Å². The number of carbonyl (C=O) groups excluding carboxylic acids is 1. The molecule has 0 bridgehead atoms. The maximum absolute atomic E-state index is 13.0. The number of fused-ring (bicyclic) bond motifs is 1. The quantitative estimate of drug-likeness (QED) is 0.373. The van der Waals surface area contributed by atoms with Crippen molar-refractivity contribution in [3.8, 4) is 0 Å². The second-order valence-corrected chi connectivity index (χ2v) is 8.06. The van der Waals surface area contributed by atoms with E-state index in [0.717, 1.165) is 16.9 Å². The average molecular weight is 434 g/mol. The van der Waals surface area contributed by atoms with E-state index in [0.29, 0.717) is 38.5 Å². The third-order valence-electron chi connectivity index (χ3n) is 5.07. The highest BCUT2D eigenvalue weighted by atomic mass is 32.1. The number of rotatable bonds is 5. The number of amides is 1. The van der Waals surface area contributed by atoms with Crippen molar-refractivity contribution in [2.24, 2.45) is 0 Å². The number of hydrogen-bond acceptors (Lipinski definition) is 6. The standard InChI is InChI=1S/C22H18N4O4S/c1-13-16(9-6-10-17(13)26(29)30)24-20(27)19-14(2)18-21(31-19)23-12-25(22(18)28)11-15-7-4-3-5-8-15/h3-10,12H,11H2,1-2H3,(H,24,27). The molecule has 0 unspecified atom stereocenters. The molecular formula is C22H18N4O4S. The topological polar surface area (TPSA) is 107 Å². The van der Waals surface area contributed by atoms with Gasteiger partial charge in [-0.15, -0.1) is 11.3 Å². The zero-order valence-corrected chi connectivity index (χ0v) is 17.6. The number of carbonyl (C=O) groups is 1. The average Bonchev–Trinajstić information content (AvgIpc) is 3.09. The Bertz CT molecular complexity index is 1380. The summed E-state index contributed by atoms with van der Waals surface area (Å²) in [6.45, 7) is 3.67. The molecule has 0 saturated carbocycles. The van der Waals surface area contributed by atoms with Gasteiger partial charge in [0.15, 0.2) is 0 Å². The first-order valence-corrected chi connectivity index (χ1v) is 10.3. The van der Waals surface area contributed by atoms with Gasteiger partial charge in [-0.25, -0.2) is 4.98 Å². The number of anilines is 1. The van der Waals surface area contributed by atoms with Crippen molar-refractivity contribution in [1.29, 1.82) is 0 Å². The summed E-state index contributed by atoms with van der Waals surface area (Å²) in [4.78, 5) is 41.8. The molecule has 1 N–H and O–H groups in total. The van der Waals surface area contributed by atoms with Crippen molar-refractivity contribution in [1.82, 2.24) is 9.55 Å². The molecule has 0 radical (unpaired) electrons. The van der Waals surface area contributed by atoms with Gasteiger partial charge in [0.25, 0.3) is 17.2 Å². The molecule has 2 aromatic carbocycles. The smallest absolute Gasteiger partial charge is 0.274 e. The lowest BCUT2D eigenvalue weighted by Gasteiger charge is -2.08.